The number of rotatable bonds is 0. The van der Waals surface area contributed by atoms with E-state index in [1.165, 1.54) is 27.9 Å². The van der Waals surface area contributed by atoms with Gasteiger partial charge < -0.3 is 20.3 Å². The third kappa shape index (κ3) is 3.48. The average Bonchev–Trinajstić information content (AvgIpc) is 3.43. The quantitative estimate of drug-likeness (QED) is 0.539. The number of anilines is 2. The van der Waals surface area contributed by atoms with Gasteiger partial charge in [0, 0.05) is 26.2 Å². The van der Waals surface area contributed by atoms with E-state index in [-0.39, 0.29) is 48.1 Å². The Morgan fingerprint density at radius 2 is 2.12 bits per heavy atom. The fourth-order valence-electron chi connectivity index (χ4n) is 4.59. The summed E-state index contributed by atoms with van der Waals surface area (Å²) in [7, 11) is 3.23. The van der Waals surface area contributed by atoms with E-state index >= 15 is 0 Å². The molecule has 1 atom stereocenters. The fraction of sp³-hybridized carbons (Fsp3) is 0.348. The summed E-state index contributed by atoms with van der Waals surface area (Å²) < 4.78 is 21.6. The Morgan fingerprint density at radius 1 is 1.29 bits per heavy atom. The van der Waals surface area contributed by atoms with Gasteiger partial charge >= 0.3 is 0 Å². The van der Waals surface area contributed by atoms with E-state index < -0.39 is 0 Å². The van der Waals surface area contributed by atoms with Gasteiger partial charge in [0.25, 0.3) is 5.91 Å². The largest absolute Gasteiger partial charge is 0.491 e. The minimum atomic E-state index is -0.383. The maximum Gasteiger partial charge on any atom is 0.274 e. The van der Waals surface area contributed by atoms with Crippen LogP contribution in [0.25, 0.3) is 11.3 Å². The molecule has 1 fully saturated rings. The number of ether oxygens (including phenoxy) is 1. The van der Waals surface area contributed by atoms with Crippen LogP contribution in [-0.2, 0) is 7.05 Å². The zero-order valence-corrected chi connectivity index (χ0v) is 18.8. The number of benzene rings is 1. The first-order chi connectivity index (χ1) is 16.4. The van der Waals surface area contributed by atoms with Crippen LogP contribution in [0, 0.1) is 17.1 Å². The van der Waals surface area contributed by atoms with Gasteiger partial charge in [-0.25, -0.2) is 14.4 Å². The molecular weight excluding hydrogens is 439 g/mol. The standard InChI is InChI=1S/C23H23FN8O2/c1-30-8-9-34-18-6-5-13(24)10-14(18)16-4-3-7-32(16)22-21(26)27-12-15(28-22)19-17(11-25)31(2)29-20(19)23(30)33/h5-6,10,12,16H,3-4,7-9H2,1-2H3,(H2,26,27)/t16-/m1/s1. The van der Waals surface area contributed by atoms with E-state index in [1.54, 1.807) is 20.2 Å². The van der Waals surface area contributed by atoms with Gasteiger partial charge in [0.1, 0.15) is 29.9 Å². The molecule has 11 heteroatoms. The lowest BCUT2D eigenvalue weighted by Gasteiger charge is -2.29. The molecular formula is C23H23FN8O2. The second kappa shape index (κ2) is 8.30. The van der Waals surface area contributed by atoms with Gasteiger partial charge in [-0.2, -0.15) is 10.4 Å². The number of hydrogen-bond acceptors (Lipinski definition) is 8. The average molecular weight is 462 g/mol. The van der Waals surface area contributed by atoms with Gasteiger partial charge in [-0.3, -0.25) is 9.48 Å². The van der Waals surface area contributed by atoms with E-state index in [1.807, 2.05) is 4.90 Å². The van der Waals surface area contributed by atoms with Crippen molar-refractivity contribution in [1.29, 1.82) is 5.26 Å². The van der Waals surface area contributed by atoms with Gasteiger partial charge in [-0.05, 0) is 31.0 Å². The summed E-state index contributed by atoms with van der Waals surface area (Å²) in [6.07, 6.45) is 3.04. The lowest BCUT2D eigenvalue weighted by molar-refractivity contribution is 0.0767. The van der Waals surface area contributed by atoms with E-state index in [4.69, 9.17) is 15.5 Å². The van der Waals surface area contributed by atoms with Crippen molar-refractivity contribution in [1.82, 2.24) is 24.6 Å². The summed E-state index contributed by atoms with van der Waals surface area (Å²) in [6, 6.07) is 6.33. The number of likely N-dealkylation sites (N-methyl/N-ethyl adjacent to an activating group) is 1. The molecule has 1 aromatic carbocycles. The lowest BCUT2D eigenvalue weighted by Crippen LogP contribution is -2.32. The molecule has 2 aromatic heterocycles. The Bertz CT molecular complexity index is 1330. The second-order valence-corrected chi connectivity index (χ2v) is 8.38. The molecule has 0 spiro atoms. The number of nitriles is 1. The Hall–Kier alpha value is -4.20. The maximum absolute atomic E-state index is 14.3. The van der Waals surface area contributed by atoms with Crippen molar-refractivity contribution < 1.29 is 13.9 Å². The summed E-state index contributed by atoms with van der Waals surface area (Å²) in [4.78, 5) is 25.8. The highest BCUT2D eigenvalue weighted by atomic mass is 19.1. The highest BCUT2D eigenvalue weighted by molar-refractivity contribution is 5.99. The normalized spacial score (nSPS) is 17.8. The van der Waals surface area contributed by atoms with Crippen molar-refractivity contribution in [2.24, 2.45) is 7.05 Å². The third-order valence-corrected chi connectivity index (χ3v) is 6.28. The number of carbonyl (C=O) groups is 1. The summed E-state index contributed by atoms with van der Waals surface area (Å²) in [5.74, 6) is 0.408. The SMILES string of the molecule is CN1CCOc2ccc(F)cc2[C@H]2CCCN2c2nc(cnc2N)-c2c(nn(C)c2C#N)C1=O. The molecule has 0 saturated carbocycles. The van der Waals surface area contributed by atoms with E-state index in [2.05, 4.69) is 16.2 Å². The number of carbonyl (C=O) groups excluding carboxylic acids is 1. The molecule has 1 amide bonds. The molecule has 2 bridgehead atoms. The molecule has 0 unspecified atom stereocenters. The summed E-state index contributed by atoms with van der Waals surface area (Å²) >= 11 is 0. The first kappa shape index (κ1) is 21.6. The predicted molar refractivity (Wildman–Crippen MR) is 122 cm³/mol. The van der Waals surface area contributed by atoms with Crippen molar-refractivity contribution in [3.8, 4) is 23.1 Å². The third-order valence-electron chi connectivity index (χ3n) is 6.28. The number of fused-ring (bicyclic) bond motifs is 8. The minimum Gasteiger partial charge on any atom is -0.491 e. The molecule has 0 aliphatic carbocycles. The van der Waals surface area contributed by atoms with Gasteiger partial charge in [-0.1, -0.05) is 0 Å². The molecule has 34 heavy (non-hydrogen) atoms. The molecule has 1 saturated heterocycles. The van der Waals surface area contributed by atoms with Crippen LogP contribution >= 0.6 is 0 Å². The van der Waals surface area contributed by atoms with Gasteiger partial charge in [0.05, 0.1) is 30.0 Å². The van der Waals surface area contributed by atoms with Gasteiger partial charge in [-0.15, -0.1) is 0 Å². The Labute approximate surface area is 195 Å². The highest BCUT2D eigenvalue weighted by Gasteiger charge is 2.33. The molecule has 174 valence electrons. The Kier molecular flexibility index (Phi) is 5.28. The summed E-state index contributed by atoms with van der Waals surface area (Å²) in [6.45, 7) is 1.10. The smallest absolute Gasteiger partial charge is 0.274 e. The fourth-order valence-corrected chi connectivity index (χ4v) is 4.59. The van der Waals surface area contributed by atoms with Crippen LogP contribution in [0.4, 0.5) is 16.0 Å². The topological polar surface area (TPSA) is 126 Å². The van der Waals surface area contributed by atoms with Crippen LogP contribution in [0.2, 0.25) is 0 Å². The molecule has 3 aromatic rings. The number of nitrogen functional groups attached to an aromatic ring is 1. The maximum atomic E-state index is 14.3. The summed E-state index contributed by atoms with van der Waals surface area (Å²) in [5, 5.41) is 14.1. The highest BCUT2D eigenvalue weighted by Crippen LogP contribution is 2.42. The van der Waals surface area contributed by atoms with Gasteiger partial charge in [0.2, 0.25) is 0 Å². The Balaban J connectivity index is 1.74. The first-order valence-electron chi connectivity index (χ1n) is 10.9. The van der Waals surface area contributed by atoms with E-state index in [0.717, 1.165) is 12.8 Å². The Morgan fingerprint density at radius 3 is 2.91 bits per heavy atom. The second-order valence-electron chi connectivity index (χ2n) is 8.38. The van der Waals surface area contributed by atoms with Crippen LogP contribution in [0.3, 0.4) is 0 Å². The molecule has 2 aliphatic heterocycles. The van der Waals surface area contributed by atoms with Crippen molar-refractivity contribution in [3.05, 3.63) is 47.2 Å². The van der Waals surface area contributed by atoms with Crippen molar-refractivity contribution >= 4 is 17.5 Å². The molecule has 10 nitrogen and oxygen atoms in total. The van der Waals surface area contributed by atoms with Crippen LogP contribution in [0.1, 0.15) is 40.6 Å². The van der Waals surface area contributed by atoms with Crippen molar-refractivity contribution in [2.45, 2.75) is 18.9 Å². The van der Waals surface area contributed by atoms with Crippen LogP contribution in [-0.4, -0.2) is 57.3 Å². The monoisotopic (exact) mass is 462 g/mol. The zero-order valence-electron chi connectivity index (χ0n) is 18.8. The van der Waals surface area contributed by atoms with Gasteiger partial charge in [0.15, 0.2) is 17.3 Å². The number of hydrogen-bond donors (Lipinski definition) is 1. The number of nitrogens with two attached hydrogens (primary N) is 1. The van der Waals surface area contributed by atoms with Crippen LogP contribution in [0.5, 0.6) is 5.75 Å². The first-order valence-corrected chi connectivity index (χ1v) is 10.9. The number of halogens is 1. The van der Waals surface area contributed by atoms with E-state index in [9.17, 15) is 14.4 Å². The lowest BCUT2D eigenvalue weighted by atomic mass is 10.0. The number of nitrogens with zero attached hydrogens (tertiary/aromatic N) is 7. The van der Waals surface area contributed by atoms with Crippen molar-refractivity contribution in [3.63, 3.8) is 0 Å². The predicted octanol–water partition coefficient (Wildman–Crippen LogP) is 2.28. The molecule has 5 rings (SSSR count). The zero-order chi connectivity index (χ0) is 24.0. The minimum absolute atomic E-state index is 0.101. The van der Waals surface area contributed by atoms with Crippen LogP contribution in [0.15, 0.2) is 24.4 Å². The molecule has 2 N–H and O–H groups in total. The van der Waals surface area contributed by atoms with Crippen LogP contribution < -0.4 is 15.4 Å². The number of aromatic nitrogens is 4. The number of amides is 1. The molecule has 2 aliphatic rings. The van der Waals surface area contributed by atoms with Crippen molar-refractivity contribution in [2.75, 3.05) is 37.4 Å². The summed E-state index contributed by atoms with van der Waals surface area (Å²) in [5.41, 5.74) is 7.85. The molecule has 0 radical (unpaired) electrons. The van der Waals surface area contributed by atoms with E-state index in [0.29, 0.717) is 34.9 Å². The number of aryl methyl sites for hydroxylation is 1. The molecule has 4 heterocycles.